The predicted molar refractivity (Wildman–Crippen MR) is 113 cm³/mol. The van der Waals surface area contributed by atoms with Crippen LogP contribution in [0, 0.1) is 6.92 Å². The highest BCUT2D eigenvalue weighted by Gasteiger charge is 2.23. The van der Waals surface area contributed by atoms with Gasteiger partial charge < -0.3 is 14.5 Å². The molecule has 4 nitrogen and oxygen atoms in total. The van der Waals surface area contributed by atoms with Crippen LogP contribution in [0.3, 0.4) is 0 Å². The van der Waals surface area contributed by atoms with E-state index in [1.807, 2.05) is 13.8 Å². The Balaban J connectivity index is 1.74. The molecule has 0 aliphatic heterocycles. The second kappa shape index (κ2) is 8.02. The van der Waals surface area contributed by atoms with Crippen LogP contribution in [0.1, 0.15) is 74.8 Å². The number of amides is 1. The number of aryl methyl sites for hydroxylation is 3. The smallest absolute Gasteiger partial charge is 0.244 e. The third kappa shape index (κ3) is 3.57. The van der Waals surface area contributed by atoms with Crippen molar-refractivity contribution in [3.63, 3.8) is 0 Å². The van der Waals surface area contributed by atoms with Crippen molar-refractivity contribution in [3.8, 4) is 5.75 Å². The lowest BCUT2D eigenvalue weighted by atomic mass is 9.93. The molecule has 28 heavy (non-hydrogen) atoms. The molecule has 1 aromatic carbocycles. The summed E-state index contributed by atoms with van der Waals surface area (Å²) in [6, 6.07) is 2.50. The third-order valence-electron chi connectivity index (χ3n) is 6.19. The maximum absolute atomic E-state index is 12.5. The number of ether oxygens (including phenoxy) is 1. The number of hydrogen-bond donors (Lipinski definition) is 1. The minimum atomic E-state index is -0.00109. The van der Waals surface area contributed by atoms with Gasteiger partial charge in [-0.05, 0) is 64.5 Å². The third-order valence-corrected chi connectivity index (χ3v) is 6.19. The van der Waals surface area contributed by atoms with Crippen LogP contribution < -0.4 is 10.1 Å². The molecule has 0 unspecified atom stereocenters. The molecule has 150 valence electrons. The van der Waals surface area contributed by atoms with E-state index in [0.717, 1.165) is 59.5 Å². The molecule has 0 spiro atoms. The van der Waals surface area contributed by atoms with E-state index in [0.29, 0.717) is 12.6 Å². The van der Waals surface area contributed by atoms with Crippen LogP contribution in [-0.2, 0) is 17.6 Å². The van der Waals surface area contributed by atoms with E-state index in [2.05, 4.69) is 18.3 Å². The first-order chi connectivity index (χ1) is 13.6. The van der Waals surface area contributed by atoms with Gasteiger partial charge in [0.1, 0.15) is 17.1 Å². The quantitative estimate of drug-likeness (QED) is 0.698. The fourth-order valence-corrected chi connectivity index (χ4v) is 4.75. The highest BCUT2D eigenvalue weighted by Crippen LogP contribution is 2.41. The van der Waals surface area contributed by atoms with Gasteiger partial charge in [0.05, 0.1) is 6.61 Å². The summed E-state index contributed by atoms with van der Waals surface area (Å²) in [5.74, 6) is 1.96. The van der Waals surface area contributed by atoms with E-state index in [9.17, 15) is 4.79 Å². The standard InChI is InChI=1S/C24H31NO3/c1-4-27-23-16(3)24-20(18-11-7-8-12-21(18)28-24)14-19(23)15(2)13-22(26)25-17-9-5-6-10-17/h13-14,17H,4-12H2,1-3H3,(H,25,26)/b15-13+. The number of carbonyl (C=O) groups is 1. The summed E-state index contributed by atoms with van der Waals surface area (Å²) >= 11 is 0. The van der Waals surface area contributed by atoms with Crippen LogP contribution in [0.25, 0.3) is 16.5 Å². The minimum Gasteiger partial charge on any atom is -0.493 e. The summed E-state index contributed by atoms with van der Waals surface area (Å²) in [4.78, 5) is 12.5. The highest BCUT2D eigenvalue weighted by molar-refractivity contribution is 5.98. The van der Waals surface area contributed by atoms with Crippen LogP contribution in [0.2, 0.25) is 0 Å². The van der Waals surface area contributed by atoms with Crippen LogP contribution in [0.15, 0.2) is 16.6 Å². The fraction of sp³-hybridized carbons (Fsp3) is 0.542. The Hall–Kier alpha value is -2.23. The van der Waals surface area contributed by atoms with Gasteiger partial charge in [-0.3, -0.25) is 4.79 Å². The van der Waals surface area contributed by atoms with E-state index in [1.165, 1.54) is 36.6 Å². The molecule has 2 aromatic rings. The molecule has 4 heteroatoms. The van der Waals surface area contributed by atoms with Gasteiger partial charge in [0, 0.05) is 40.6 Å². The Bertz CT molecular complexity index is 916. The van der Waals surface area contributed by atoms with Crippen molar-refractivity contribution < 1.29 is 13.9 Å². The molecular weight excluding hydrogens is 350 g/mol. The SMILES string of the molecule is CCOc1c(/C(C)=C/C(=O)NC2CCCC2)cc2c3c(oc2c1C)CCCC3. The maximum atomic E-state index is 12.5. The van der Waals surface area contributed by atoms with Gasteiger partial charge in [0.25, 0.3) is 0 Å². The first-order valence-electron chi connectivity index (χ1n) is 10.8. The Morgan fingerprint density at radius 3 is 2.75 bits per heavy atom. The monoisotopic (exact) mass is 381 g/mol. The minimum absolute atomic E-state index is 0.00109. The molecule has 0 saturated heterocycles. The average molecular weight is 382 g/mol. The van der Waals surface area contributed by atoms with Crippen molar-refractivity contribution in [2.24, 2.45) is 0 Å². The summed E-state index contributed by atoms with van der Waals surface area (Å²) < 4.78 is 12.2. The van der Waals surface area contributed by atoms with Crippen molar-refractivity contribution in [2.45, 2.75) is 78.2 Å². The topological polar surface area (TPSA) is 51.5 Å². The summed E-state index contributed by atoms with van der Waals surface area (Å²) in [6.07, 6.45) is 10.8. The number of nitrogens with one attached hydrogen (secondary N) is 1. The zero-order chi connectivity index (χ0) is 19.7. The molecule has 4 rings (SSSR count). The number of rotatable bonds is 5. The Morgan fingerprint density at radius 2 is 2.00 bits per heavy atom. The molecular formula is C24H31NO3. The molecule has 1 saturated carbocycles. The molecule has 0 bridgehead atoms. The van der Waals surface area contributed by atoms with Crippen molar-refractivity contribution in [1.82, 2.24) is 5.32 Å². The molecule has 1 aromatic heterocycles. The number of carbonyl (C=O) groups excluding carboxylic acids is 1. The molecule has 2 aliphatic rings. The Labute approximate surface area is 167 Å². The first-order valence-corrected chi connectivity index (χ1v) is 10.8. The molecule has 0 radical (unpaired) electrons. The molecule has 1 amide bonds. The van der Waals surface area contributed by atoms with Crippen LogP contribution in [0.4, 0.5) is 0 Å². The lowest BCUT2D eigenvalue weighted by Crippen LogP contribution is -2.31. The zero-order valence-electron chi connectivity index (χ0n) is 17.3. The number of allylic oxidation sites excluding steroid dienone is 1. The predicted octanol–water partition coefficient (Wildman–Crippen LogP) is 5.48. The maximum Gasteiger partial charge on any atom is 0.244 e. The number of hydrogen-bond acceptors (Lipinski definition) is 3. The fourth-order valence-electron chi connectivity index (χ4n) is 4.75. The lowest BCUT2D eigenvalue weighted by molar-refractivity contribution is -0.117. The highest BCUT2D eigenvalue weighted by atomic mass is 16.5. The second-order valence-corrected chi connectivity index (χ2v) is 8.22. The van der Waals surface area contributed by atoms with Crippen LogP contribution >= 0.6 is 0 Å². The molecule has 0 atom stereocenters. The van der Waals surface area contributed by atoms with E-state index in [-0.39, 0.29) is 5.91 Å². The Morgan fingerprint density at radius 1 is 1.25 bits per heavy atom. The van der Waals surface area contributed by atoms with Crippen molar-refractivity contribution in [2.75, 3.05) is 6.61 Å². The van der Waals surface area contributed by atoms with E-state index < -0.39 is 0 Å². The van der Waals surface area contributed by atoms with E-state index in [1.54, 1.807) is 6.08 Å². The van der Waals surface area contributed by atoms with Crippen molar-refractivity contribution in [1.29, 1.82) is 0 Å². The van der Waals surface area contributed by atoms with Gasteiger partial charge in [-0.2, -0.15) is 0 Å². The van der Waals surface area contributed by atoms with Gasteiger partial charge in [0.15, 0.2) is 0 Å². The van der Waals surface area contributed by atoms with E-state index in [4.69, 9.17) is 9.15 Å². The van der Waals surface area contributed by atoms with Crippen molar-refractivity contribution >= 4 is 22.4 Å². The average Bonchev–Trinajstić information content (AvgIpc) is 3.31. The van der Waals surface area contributed by atoms with Gasteiger partial charge in [-0.1, -0.05) is 12.8 Å². The van der Waals surface area contributed by atoms with Crippen LogP contribution in [-0.4, -0.2) is 18.6 Å². The van der Waals surface area contributed by atoms with Crippen molar-refractivity contribution in [3.05, 3.63) is 34.6 Å². The number of benzene rings is 1. The molecule has 1 heterocycles. The number of fused-ring (bicyclic) bond motifs is 3. The molecule has 1 fully saturated rings. The number of furan rings is 1. The van der Waals surface area contributed by atoms with Crippen LogP contribution in [0.5, 0.6) is 5.75 Å². The Kier molecular flexibility index (Phi) is 5.47. The van der Waals surface area contributed by atoms with E-state index >= 15 is 0 Å². The summed E-state index contributed by atoms with van der Waals surface area (Å²) in [5, 5.41) is 4.34. The summed E-state index contributed by atoms with van der Waals surface area (Å²) in [6.45, 7) is 6.65. The largest absolute Gasteiger partial charge is 0.493 e. The van der Waals surface area contributed by atoms with Gasteiger partial charge in [-0.25, -0.2) is 0 Å². The van der Waals surface area contributed by atoms with Gasteiger partial charge >= 0.3 is 0 Å². The molecule has 2 aliphatic carbocycles. The molecule has 1 N–H and O–H groups in total. The zero-order valence-corrected chi connectivity index (χ0v) is 17.3. The summed E-state index contributed by atoms with van der Waals surface area (Å²) in [7, 11) is 0. The normalized spacial score (nSPS) is 17.8. The second-order valence-electron chi connectivity index (χ2n) is 8.22. The first kappa shape index (κ1) is 19.1. The lowest BCUT2D eigenvalue weighted by Gasteiger charge is -2.15. The van der Waals surface area contributed by atoms with Gasteiger partial charge in [-0.15, -0.1) is 0 Å². The van der Waals surface area contributed by atoms with Gasteiger partial charge in [0.2, 0.25) is 5.91 Å². The summed E-state index contributed by atoms with van der Waals surface area (Å²) in [5.41, 5.74) is 5.27.